The average Bonchev–Trinajstić information content (AvgIpc) is 3.21. The van der Waals surface area contributed by atoms with Gasteiger partial charge < -0.3 is 10.1 Å². The lowest BCUT2D eigenvalue weighted by atomic mass is 10.1. The van der Waals surface area contributed by atoms with Gasteiger partial charge in [-0.1, -0.05) is 35.5 Å². The van der Waals surface area contributed by atoms with Crippen molar-refractivity contribution in [3.63, 3.8) is 0 Å². The number of hydrogen-bond acceptors (Lipinski definition) is 5. The molecular formula is C19H22N6O2. The van der Waals surface area contributed by atoms with E-state index < -0.39 is 0 Å². The minimum atomic E-state index is -0.249. The molecule has 0 aliphatic carbocycles. The van der Waals surface area contributed by atoms with Crippen molar-refractivity contribution in [1.82, 2.24) is 30.1 Å². The van der Waals surface area contributed by atoms with Crippen molar-refractivity contribution < 1.29 is 9.53 Å². The second-order valence-corrected chi connectivity index (χ2v) is 6.73. The van der Waals surface area contributed by atoms with Crippen LogP contribution in [0.1, 0.15) is 44.8 Å². The molecule has 8 heteroatoms. The number of carbonyl (C=O) groups is 1. The molecular weight excluding hydrogens is 344 g/mol. The van der Waals surface area contributed by atoms with Crippen molar-refractivity contribution in [1.29, 1.82) is 0 Å². The van der Waals surface area contributed by atoms with E-state index in [9.17, 15) is 4.79 Å². The van der Waals surface area contributed by atoms with E-state index in [1.165, 1.54) is 0 Å². The molecule has 1 amide bonds. The molecule has 0 spiro atoms. The SMILES string of the molecule is Cc1nn(C)c(C)c1CNC(=O)c1nnn2c1COC(c1ccccc1)C2. The predicted molar refractivity (Wildman–Crippen MR) is 97.8 cm³/mol. The molecule has 4 rings (SSSR count). The molecule has 1 aliphatic rings. The van der Waals surface area contributed by atoms with Crippen molar-refractivity contribution in [3.05, 3.63) is 64.2 Å². The van der Waals surface area contributed by atoms with E-state index in [0.29, 0.717) is 31.1 Å². The molecule has 1 atom stereocenters. The zero-order valence-corrected chi connectivity index (χ0v) is 15.6. The van der Waals surface area contributed by atoms with Gasteiger partial charge in [0.2, 0.25) is 0 Å². The third-order valence-electron chi connectivity index (χ3n) is 5.07. The third-order valence-corrected chi connectivity index (χ3v) is 5.07. The summed E-state index contributed by atoms with van der Waals surface area (Å²) in [5, 5.41) is 15.5. The van der Waals surface area contributed by atoms with Crippen LogP contribution < -0.4 is 5.32 Å². The monoisotopic (exact) mass is 366 g/mol. The van der Waals surface area contributed by atoms with Gasteiger partial charge in [-0.25, -0.2) is 4.68 Å². The van der Waals surface area contributed by atoms with Crippen LogP contribution in [0.2, 0.25) is 0 Å². The van der Waals surface area contributed by atoms with Crippen LogP contribution >= 0.6 is 0 Å². The van der Waals surface area contributed by atoms with Crippen LogP contribution in [0.3, 0.4) is 0 Å². The lowest BCUT2D eigenvalue weighted by molar-refractivity contribution is -0.00177. The van der Waals surface area contributed by atoms with Gasteiger partial charge in [-0.2, -0.15) is 5.10 Å². The number of nitrogens with zero attached hydrogens (tertiary/aromatic N) is 5. The van der Waals surface area contributed by atoms with Crippen LogP contribution in [0.15, 0.2) is 30.3 Å². The first-order valence-electron chi connectivity index (χ1n) is 8.90. The maximum Gasteiger partial charge on any atom is 0.274 e. The number of hydrogen-bond donors (Lipinski definition) is 1. The van der Waals surface area contributed by atoms with E-state index in [0.717, 1.165) is 22.5 Å². The van der Waals surface area contributed by atoms with Crippen LogP contribution in [0, 0.1) is 13.8 Å². The number of ether oxygens (including phenoxy) is 1. The molecule has 8 nitrogen and oxygen atoms in total. The Labute approximate surface area is 157 Å². The van der Waals surface area contributed by atoms with Gasteiger partial charge in [-0.15, -0.1) is 5.10 Å². The lowest BCUT2D eigenvalue weighted by Gasteiger charge is -2.24. The van der Waals surface area contributed by atoms with Gasteiger partial charge in [-0.05, 0) is 19.4 Å². The number of fused-ring (bicyclic) bond motifs is 1. The predicted octanol–water partition coefficient (Wildman–Crippen LogP) is 1.83. The summed E-state index contributed by atoms with van der Waals surface area (Å²) in [6.45, 7) is 5.18. The first kappa shape index (κ1) is 17.4. The van der Waals surface area contributed by atoms with Crippen LogP contribution in [0.5, 0.6) is 0 Å². The number of benzene rings is 1. The minimum absolute atomic E-state index is 0.0861. The summed E-state index contributed by atoms with van der Waals surface area (Å²) in [6, 6.07) is 9.99. The van der Waals surface area contributed by atoms with Gasteiger partial charge in [0.05, 0.1) is 24.5 Å². The normalized spacial score (nSPS) is 16.2. The molecule has 1 N–H and O–H groups in total. The summed E-state index contributed by atoms with van der Waals surface area (Å²) in [5.41, 5.74) is 5.08. The van der Waals surface area contributed by atoms with E-state index in [4.69, 9.17) is 4.74 Å². The molecule has 0 fully saturated rings. The largest absolute Gasteiger partial charge is 0.365 e. The molecule has 0 bridgehead atoms. The van der Waals surface area contributed by atoms with Crippen LogP contribution in [-0.4, -0.2) is 30.7 Å². The number of aromatic nitrogens is 5. The highest BCUT2D eigenvalue weighted by atomic mass is 16.5. The highest BCUT2D eigenvalue weighted by Crippen LogP contribution is 2.26. The summed E-state index contributed by atoms with van der Waals surface area (Å²) in [6.07, 6.45) is -0.0861. The molecule has 1 aliphatic heterocycles. The second kappa shape index (κ2) is 6.96. The topological polar surface area (TPSA) is 86.9 Å². The van der Waals surface area contributed by atoms with Crippen LogP contribution in [-0.2, 0) is 31.5 Å². The summed E-state index contributed by atoms with van der Waals surface area (Å²) in [7, 11) is 1.89. The Morgan fingerprint density at radius 3 is 2.78 bits per heavy atom. The lowest BCUT2D eigenvalue weighted by Crippen LogP contribution is -2.27. The Balaban J connectivity index is 1.47. The van der Waals surface area contributed by atoms with Gasteiger partial charge in [0.1, 0.15) is 6.10 Å². The van der Waals surface area contributed by atoms with E-state index in [1.807, 2.05) is 55.9 Å². The number of carbonyl (C=O) groups excluding carboxylic acids is 1. The standard InChI is InChI=1S/C19H22N6O2/c1-12-15(13(2)24(3)22-12)9-20-19(26)18-16-11-27-17(10-25(16)23-21-18)14-7-5-4-6-8-14/h4-8,17H,9-11H2,1-3H3,(H,20,26). The van der Waals surface area contributed by atoms with Gasteiger partial charge >= 0.3 is 0 Å². The quantitative estimate of drug-likeness (QED) is 0.761. The number of amides is 1. The average molecular weight is 366 g/mol. The second-order valence-electron chi connectivity index (χ2n) is 6.73. The van der Waals surface area contributed by atoms with Crippen LogP contribution in [0.25, 0.3) is 0 Å². The minimum Gasteiger partial charge on any atom is -0.365 e. The van der Waals surface area contributed by atoms with E-state index in [1.54, 1.807) is 4.68 Å². The molecule has 2 aromatic heterocycles. The third kappa shape index (κ3) is 3.23. The first-order chi connectivity index (χ1) is 13.0. The van der Waals surface area contributed by atoms with Crippen molar-refractivity contribution in [3.8, 4) is 0 Å². The molecule has 0 radical (unpaired) electrons. The fraction of sp³-hybridized carbons (Fsp3) is 0.368. The van der Waals surface area contributed by atoms with E-state index in [-0.39, 0.29) is 12.0 Å². The Bertz CT molecular complexity index is 976. The molecule has 1 aromatic carbocycles. The Kier molecular flexibility index (Phi) is 4.49. The summed E-state index contributed by atoms with van der Waals surface area (Å²) in [5.74, 6) is -0.249. The summed E-state index contributed by atoms with van der Waals surface area (Å²) >= 11 is 0. The smallest absolute Gasteiger partial charge is 0.274 e. The maximum atomic E-state index is 12.6. The number of nitrogens with one attached hydrogen (secondary N) is 1. The van der Waals surface area contributed by atoms with Crippen molar-refractivity contribution in [2.75, 3.05) is 0 Å². The van der Waals surface area contributed by atoms with E-state index in [2.05, 4.69) is 20.7 Å². The molecule has 0 saturated heterocycles. The Morgan fingerprint density at radius 1 is 1.30 bits per heavy atom. The Hall–Kier alpha value is -3.00. The van der Waals surface area contributed by atoms with Gasteiger partial charge in [0, 0.05) is 24.8 Å². The van der Waals surface area contributed by atoms with Gasteiger partial charge in [0.15, 0.2) is 5.69 Å². The van der Waals surface area contributed by atoms with Gasteiger partial charge in [0.25, 0.3) is 5.91 Å². The first-order valence-corrected chi connectivity index (χ1v) is 8.90. The van der Waals surface area contributed by atoms with Crippen molar-refractivity contribution in [2.24, 2.45) is 7.05 Å². The highest BCUT2D eigenvalue weighted by Gasteiger charge is 2.27. The molecule has 140 valence electrons. The van der Waals surface area contributed by atoms with Crippen molar-refractivity contribution >= 4 is 5.91 Å². The molecule has 3 aromatic rings. The maximum absolute atomic E-state index is 12.6. The van der Waals surface area contributed by atoms with Crippen molar-refractivity contribution in [2.45, 2.75) is 39.6 Å². The van der Waals surface area contributed by atoms with Gasteiger partial charge in [-0.3, -0.25) is 9.48 Å². The molecule has 3 heterocycles. The fourth-order valence-corrected chi connectivity index (χ4v) is 3.38. The molecule has 0 saturated carbocycles. The zero-order chi connectivity index (χ0) is 19.0. The number of aryl methyl sites for hydroxylation is 2. The highest BCUT2D eigenvalue weighted by molar-refractivity contribution is 5.93. The Morgan fingerprint density at radius 2 is 2.07 bits per heavy atom. The summed E-state index contributed by atoms with van der Waals surface area (Å²) < 4.78 is 9.52. The van der Waals surface area contributed by atoms with E-state index >= 15 is 0 Å². The number of rotatable bonds is 4. The fourth-order valence-electron chi connectivity index (χ4n) is 3.38. The van der Waals surface area contributed by atoms with Crippen LogP contribution in [0.4, 0.5) is 0 Å². The summed E-state index contributed by atoms with van der Waals surface area (Å²) in [4.78, 5) is 12.6. The zero-order valence-electron chi connectivity index (χ0n) is 15.6. The molecule has 27 heavy (non-hydrogen) atoms. The molecule has 1 unspecified atom stereocenters.